The molecule has 0 aliphatic rings. The topological polar surface area (TPSA) is 17.6 Å². The second kappa shape index (κ2) is 31.4. The third-order valence-electron chi connectivity index (χ3n) is 13.9. The minimum Gasteiger partial charge on any atom is -0.237 e. The Morgan fingerprint density at radius 2 is 0.565 bits per heavy atom. The Hall–Kier alpha value is -3.40. The zero-order valence-electron chi connectivity index (χ0n) is 40.3. The quantitative estimate of drug-likeness (QED) is 0.0214. The zero-order chi connectivity index (χ0) is 43.1. The first-order valence-electron chi connectivity index (χ1n) is 26.8. The van der Waals surface area contributed by atoms with Crippen molar-refractivity contribution in [1.29, 1.82) is 0 Å². The average molecular weight is 845 g/mol. The third-order valence-corrected chi connectivity index (χ3v) is 13.9. The summed E-state index contributed by atoms with van der Waals surface area (Å²) in [5.74, 6) is 0. The lowest BCUT2D eigenvalue weighted by molar-refractivity contribution is -0.687. The smallest absolute Gasteiger partial charge is 0.237 e. The van der Waals surface area contributed by atoms with E-state index in [4.69, 9.17) is 0 Å². The van der Waals surface area contributed by atoms with E-state index < -0.39 is 0 Å². The molecule has 0 aliphatic carbocycles. The number of aryl methyl sites for hydroxylation is 2. The van der Waals surface area contributed by atoms with Gasteiger partial charge in [-0.25, -0.2) is 18.3 Å². The van der Waals surface area contributed by atoms with E-state index in [1.165, 1.54) is 238 Å². The van der Waals surface area contributed by atoms with Gasteiger partial charge in [-0.15, -0.1) is 0 Å². The minimum atomic E-state index is 0.885. The predicted molar refractivity (Wildman–Crippen MR) is 268 cm³/mol. The molecule has 5 aromatic rings. The van der Waals surface area contributed by atoms with Gasteiger partial charge in [0.25, 0.3) is 0 Å². The number of imidazole rings is 2. The van der Waals surface area contributed by atoms with E-state index in [2.05, 4.69) is 118 Å². The van der Waals surface area contributed by atoms with E-state index in [0.29, 0.717) is 0 Å². The van der Waals surface area contributed by atoms with Crippen molar-refractivity contribution in [1.82, 2.24) is 9.13 Å². The van der Waals surface area contributed by atoms with E-state index in [9.17, 15) is 0 Å². The molecule has 62 heavy (non-hydrogen) atoms. The molecule has 0 radical (unpaired) electrons. The van der Waals surface area contributed by atoms with Gasteiger partial charge in [-0.1, -0.05) is 242 Å². The summed E-state index contributed by atoms with van der Waals surface area (Å²) in [6.45, 7) is 8.61. The van der Waals surface area contributed by atoms with Crippen LogP contribution in [0.2, 0.25) is 0 Å². The van der Waals surface area contributed by atoms with Crippen molar-refractivity contribution in [2.24, 2.45) is 0 Å². The van der Waals surface area contributed by atoms with Crippen LogP contribution in [0.15, 0.2) is 86.0 Å². The fourth-order valence-corrected chi connectivity index (χ4v) is 10.0. The molecular formula is C58H92N4+2. The number of aromatic nitrogens is 4. The Morgan fingerprint density at radius 3 is 0.823 bits per heavy atom. The summed E-state index contributed by atoms with van der Waals surface area (Å²) in [7, 11) is 0. The summed E-state index contributed by atoms with van der Waals surface area (Å²) in [6.07, 6.45) is 59.1. The van der Waals surface area contributed by atoms with E-state index in [1.54, 1.807) is 0 Å². The Morgan fingerprint density at radius 1 is 0.323 bits per heavy atom. The fraction of sp³-hybridized carbons (Fsp3) is 0.655. The molecule has 0 saturated carbocycles. The van der Waals surface area contributed by atoms with Gasteiger partial charge in [0, 0.05) is 11.1 Å². The third kappa shape index (κ3) is 18.8. The first-order chi connectivity index (χ1) is 30.8. The monoisotopic (exact) mass is 845 g/mol. The molecule has 0 amide bonds. The van der Waals surface area contributed by atoms with Gasteiger partial charge in [-0.05, 0) is 47.2 Å². The average Bonchev–Trinajstić information content (AvgIpc) is 3.96. The Bertz CT molecular complexity index is 1670. The van der Waals surface area contributed by atoms with E-state index in [-0.39, 0.29) is 0 Å². The van der Waals surface area contributed by atoms with Crippen molar-refractivity contribution < 1.29 is 9.13 Å². The maximum absolute atomic E-state index is 2.41. The van der Waals surface area contributed by atoms with Gasteiger partial charge in [0.1, 0.15) is 37.9 Å². The van der Waals surface area contributed by atoms with Gasteiger partial charge in [-0.2, -0.15) is 0 Å². The number of hydrogen-bond donors (Lipinski definition) is 0. The fourth-order valence-electron chi connectivity index (χ4n) is 10.0. The Labute approximate surface area is 380 Å². The van der Waals surface area contributed by atoms with Crippen LogP contribution in [0.25, 0.3) is 21.5 Å². The molecule has 3 aromatic carbocycles. The number of hydrogen-bond acceptors (Lipinski definition) is 0. The maximum atomic E-state index is 2.41. The molecule has 0 saturated heterocycles. The highest BCUT2D eigenvalue weighted by Gasteiger charge is 2.18. The van der Waals surface area contributed by atoms with Crippen LogP contribution < -0.4 is 9.13 Å². The molecule has 0 spiro atoms. The van der Waals surface area contributed by atoms with Crippen molar-refractivity contribution >= 4 is 21.5 Å². The molecule has 2 aromatic heterocycles. The van der Waals surface area contributed by atoms with Crippen molar-refractivity contribution in [3.05, 3.63) is 97.1 Å². The Kier molecular flexibility index (Phi) is 25.2. The van der Waals surface area contributed by atoms with Crippen LogP contribution in [0.3, 0.4) is 0 Å². The molecule has 5 rings (SSSR count). The molecule has 2 heterocycles. The summed E-state index contributed by atoms with van der Waals surface area (Å²) in [6, 6.07) is 18.3. The number of fused-ring (bicyclic) bond motifs is 2. The van der Waals surface area contributed by atoms with Gasteiger partial charge >= 0.3 is 0 Å². The summed E-state index contributed by atoms with van der Waals surface area (Å²) >= 11 is 0. The summed E-state index contributed by atoms with van der Waals surface area (Å²) < 4.78 is 9.61. The molecule has 342 valence electrons. The molecule has 0 atom stereocenters. The molecule has 0 aliphatic heterocycles. The normalized spacial score (nSPS) is 11.8. The number of rotatable bonds is 38. The lowest BCUT2D eigenvalue weighted by Gasteiger charge is -2.15. The van der Waals surface area contributed by atoms with E-state index >= 15 is 0 Å². The van der Waals surface area contributed by atoms with Crippen LogP contribution in [-0.2, 0) is 26.2 Å². The second-order valence-electron chi connectivity index (χ2n) is 19.3. The Balaban J connectivity index is 0.994. The molecule has 0 N–H and O–H groups in total. The van der Waals surface area contributed by atoms with Crippen LogP contribution in [0.1, 0.15) is 230 Å². The van der Waals surface area contributed by atoms with Crippen LogP contribution >= 0.6 is 0 Å². The largest absolute Gasteiger partial charge is 0.244 e. The highest BCUT2D eigenvalue weighted by Crippen LogP contribution is 2.33. The van der Waals surface area contributed by atoms with Crippen molar-refractivity contribution in [3.63, 3.8) is 0 Å². The summed E-state index contributed by atoms with van der Waals surface area (Å²) in [5, 5.41) is 5.53. The molecule has 4 nitrogen and oxygen atoms in total. The van der Waals surface area contributed by atoms with Gasteiger partial charge in [0.05, 0.1) is 13.1 Å². The maximum Gasteiger partial charge on any atom is 0.244 e. The van der Waals surface area contributed by atoms with E-state index in [1.807, 2.05) is 0 Å². The highest BCUT2D eigenvalue weighted by molar-refractivity contribution is 6.05. The molecule has 4 heteroatoms. The van der Waals surface area contributed by atoms with Crippen LogP contribution in [0.5, 0.6) is 0 Å². The zero-order valence-corrected chi connectivity index (χ0v) is 40.3. The standard InChI is InChI=1S/C58H92N4/c1-3-5-7-9-11-13-15-17-19-21-23-25-27-29-31-37-43-59-45-47-61(51-59)49-57-53-39-33-35-41-55(53)58(56-42-36-34-40-54(56)57)50-62-48-46-60(52-62)44-38-32-30-28-26-24-22-20-18-16-14-12-10-8-6-4-2/h33-36,39-42,45-48,51-52H,3-32,37-38,43-44,49-50H2,1-2H3/q+2. The summed E-state index contributed by atoms with van der Waals surface area (Å²) in [4.78, 5) is 0. The second-order valence-corrected chi connectivity index (χ2v) is 19.3. The van der Waals surface area contributed by atoms with Gasteiger partial charge in [0.15, 0.2) is 0 Å². The first-order valence-corrected chi connectivity index (χ1v) is 26.8. The van der Waals surface area contributed by atoms with Gasteiger partial charge in [0.2, 0.25) is 12.7 Å². The molecular weight excluding hydrogens is 753 g/mol. The highest BCUT2D eigenvalue weighted by atomic mass is 15.1. The molecule has 0 unspecified atom stereocenters. The van der Waals surface area contributed by atoms with E-state index in [0.717, 1.165) is 26.2 Å². The van der Waals surface area contributed by atoms with Crippen LogP contribution in [0, 0.1) is 0 Å². The summed E-state index contributed by atoms with van der Waals surface area (Å²) in [5.41, 5.74) is 2.85. The number of benzene rings is 3. The predicted octanol–water partition coefficient (Wildman–Crippen LogP) is 16.8. The SMILES string of the molecule is CCCCCCCCCCCCCCCCCCn1cc[n+](Cc2c3ccccc3c(C[n+]3ccn(CCCCCCCCCCCCCCCCCC)c3)c3ccccc23)c1. The number of nitrogens with zero attached hydrogens (tertiary/aromatic N) is 4. The van der Waals surface area contributed by atoms with Crippen molar-refractivity contribution in [3.8, 4) is 0 Å². The van der Waals surface area contributed by atoms with Gasteiger partial charge in [-0.3, -0.25) is 0 Å². The molecule has 0 fully saturated rings. The van der Waals surface area contributed by atoms with Crippen LogP contribution in [0.4, 0.5) is 0 Å². The van der Waals surface area contributed by atoms with Crippen molar-refractivity contribution in [2.45, 2.75) is 245 Å². The first kappa shape index (κ1) is 49.6. The van der Waals surface area contributed by atoms with Crippen LogP contribution in [-0.4, -0.2) is 9.13 Å². The lowest BCUT2D eigenvalue weighted by atomic mass is 9.91. The molecule has 0 bridgehead atoms. The van der Waals surface area contributed by atoms with Crippen molar-refractivity contribution in [2.75, 3.05) is 0 Å². The lowest BCUT2D eigenvalue weighted by Crippen LogP contribution is -2.33. The van der Waals surface area contributed by atoms with Gasteiger partial charge < -0.3 is 0 Å². The minimum absolute atomic E-state index is 0.885. The number of unbranched alkanes of at least 4 members (excludes halogenated alkanes) is 30.